The Bertz CT molecular complexity index is 711. The standard InChI is InChI=1S/C18H21N3O3/c1-2-24-16(22)13-19-18(23)21-12-11-20-10-6-9-15(20)17(21)14-7-4-3-5-8-14/h3-10,17H,2,11-13H2,1H3,(H,19,23). The van der Waals surface area contributed by atoms with Crippen LogP contribution in [0.1, 0.15) is 24.2 Å². The lowest BCUT2D eigenvalue weighted by Crippen LogP contribution is -2.48. The Labute approximate surface area is 141 Å². The van der Waals surface area contributed by atoms with Gasteiger partial charge in [0.2, 0.25) is 0 Å². The molecule has 1 aliphatic rings. The van der Waals surface area contributed by atoms with Crippen molar-refractivity contribution in [3.05, 3.63) is 59.9 Å². The fraction of sp³-hybridized carbons (Fsp3) is 0.333. The number of nitrogens with zero attached hydrogens (tertiary/aromatic N) is 2. The van der Waals surface area contributed by atoms with Crippen LogP contribution in [0, 0.1) is 0 Å². The fourth-order valence-electron chi connectivity index (χ4n) is 3.05. The number of hydrogen-bond acceptors (Lipinski definition) is 3. The molecule has 6 heteroatoms. The molecule has 0 spiro atoms. The number of esters is 1. The van der Waals surface area contributed by atoms with Crippen LogP contribution in [0.3, 0.4) is 0 Å². The molecule has 24 heavy (non-hydrogen) atoms. The number of amides is 2. The lowest BCUT2D eigenvalue weighted by molar-refractivity contribution is -0.141. The molecule has 6 nitrogen and oxygen atoms in total. The SMILES string of the molecule is CCOC(=O)CNC(=O)N1CCn2cccc2C1c1ccccc1. The number of nitrogens with one attached hydrogen (secondary N) is 1. The molecule has 1 aromatic carbocycles. The summed E-state index contributed by atoms with van der Waals surface area (Å²) in [7, 11) is 0. The normalized spacial score (nSPS) is 16.4. The summed E-state index contributed by atoms with van der Waals surface area (Å²) >= 11 is 0. The van der Waals surface area contributed by atoms with E-state index in [1.54, 1.807) is 11.8 Å². The highest BCUT2D eigenvalue weighted by Crippen LogP contribution is 2.32. The summed E-state index contributed by atoms with van der Waals surface area (Å²) in [4.78, 5) is 25.9. The smallest absolute Gasteiger partial charge is 0.325 e. The average molecular weight is 327 g/mol. The van der Waals surface area contributed by atoms with Crippen LogP contribution in [0.4, 0.5) is 4.79 Å². The number of carbonyl (C=O) groups excluding carboxylic acids is 2. The predicted octanol–water partition coefficient (Wildman–Crippen LogP) is 2.17. The third-order valence-corrected chi connectivity index (χ3v) is 4.10. The Morgan fingerprint density at radius 3 is 2.71 bits per heavy atom. The molecule has 0 saturated heterocycles. The Morgan fingerprint density at radius 1 is 1.17 bits per heavy atom. The van der Waals surface area contributed by atoms with E-state index >= 15 is 0 Å². The van der Waals surface area contributed by atoms with Crippen LogP contribution in [-0.2, 0) is 16.1 Å². The molecule has 0 fully saturated rings. The van der Waals surface area contributed by atoms with Gasteiger partial charge in [-0.05, 0) is 24.6 Å². The van der Waals surface area contributed by atoms with Crippen molar-refractivity contribution in [2.24, 2.45) is 0 Å². The summed E-state index contributed by atoms with van der Waals surface area (Å²) in [6.07, 6.45) is 2.03. The summed E-state index contributed by atoms with van der Waals surface area (Å²) in [6, 6.07) is 13.5. The van der Waals surface area contributed by atoms with Gasteiger partial charge in [0, 0.05) is 25.0 Å². The van der Waals surface area contributed by atoms with Gasteiger partial charge < -0.3 is 19.5 Å². The zero-order valence-corrected chi connectivity index (χ0v) is 13.6. The van der Waals surface area contributed by atoms with Gasteiger partial charge in [-0.1, -0.05) is 30.3 Å². The lowest BCUT2D eigenvalue weighted by Gasteiger charge is -2.37. The Balaban J connectivity index is 1.81. The minimum atomic E-state index is -0.428. The molecule has 1 aromatic heterocycles. The molecule has 0 saturated carbocycles. The van der Waals surface area contributed by atoms with Crippen LogP contribution in [0.15, 0.2) is 48.7 Å². The lowest BCUT2D eigenvalue weighted by atomic mass is 10.0. The molecular weight excluding hydrogens is 306 g/mol. The molecule has 2 heterocycles. The first-order valence-corrected chi connectivity index (χ1v) is 8.10. The van der Waals surface area contributed by atoms with E-state index < -0.39 is 5.97 Å². The number of urea groups is 1. The molecule has 0 aliphatic carbocycles. The van der Waals surface area contributed by atoms with E-state index in [-0.39, 0.29) is 18.6 Å². The first-order valence-electron chi connectivity index (χ1n) is 8.10. The van der Waals surface area contributed by atoms with Gasteiger partial charge >= 0.3 is 12.0 Å². The molecule has 2 amide bonds. The van der Waals surface area contributed by atoms with Crippen molar-refractivity contribution in [2.45, 2.75) is 19.5 Å². The molecule has 0 radical (unpaired) electrons. The van der Waals surface area contributed by atoms with Gasteiger partial charge in [-0.2, -0.15) is 0 Å². The highest BCUT2D eigenvalue weighted by molar-refractivity contribution is 5.81. The van der Waals surface area contributed by atoms with E-state index in [9.17, 15) is 9.59 Å². The highest BCUT2D eigenvalue weighted by atomic mass is 16.5. The maximum absolute atomic E-state index is 12.6. The van der Waals surface area contributed by atoms with Gasteiger partial charge in [-0.25, -0.2) is 4.79 Å². The van der Waals surface area contributed by atoms with Gasteiger partial charge in [0.25, 0.3) is 0 Å². The van der Waals surface area contributed by atoms with Crippen LogP contribution in [0.25, 0.3) is 0 Å². The number of ether oxygens (including phenoxy) is 1. The minimum Gasteiger partial charge on any atom is -0.465 e. The van der Waals surface area contributed by atoms with Crippen molar-refractivity contribution >= 4 is 12.0 Å². The second kappa shape index (κ2) is 7.21. The van der Waals surface area contributed by atoms with Crippen molar-refractivity contribution in [1.82, 2.24) is 14.8 Å². The maximum Gasteiger partial charge on any atom is 0.325 e. The van der Waals surface area contributed by atoms with E-state index in [1.165, 1.54) is 0 Å². The number of hydrogen-bond donors (Lipinski definition) is 1. The predicted molar refractivity (Wildman–Crippen MR) is 89.5 cm³/mol. The molecule has 3 rings (SSSR count). The molecular formula is C18H21N3O3. The molecule has 1 atom stereocenters. The number of benzene rings is 1. The molecule has 1 aliphatic heterocycles. The van der Waals surface area contributed by atoms with E-state index in [1.807, 2.05) is 48.7 Å². The highest BCUT2D eigenvalue weighted by Gasteiger charge is 2.32. The van der Waals surface area contributed by atoms with Gasteiger partial charge in [-0.15, -0.1) is 0 Å². The van der Waals surface area contributed by atoms with Crippen LogP contribution in [0.2, 0.25) is 0 Å². The Morgan fingerprint density at radius 2 is 1.96 bits per heavy atom. The zero-order chi connectivity index (χ0) is 16.9. The summed E-state index contributed by atoms with van der Waals surface area (Å²) in [5.74, 6) is -0.428. The van der Waals surface area contributed by atoms with E-state index in [2.05, 4.69) is 9.88 Å². The van der Waals surface area contributed by atoms with E-state index in [0.29, 0.717) is 13.2 Å². The van der Waals surface area contributed by atoms with Gasteiger partial charge in [0.15, 0.2) is 0 Å². The minimum absolute atomic E-state index is 0.119. The molecule has 2 aromatic rings. The fourth-order valence-corrected chi connectivity index (χ4v) is 3.05. The molecule has 1 N–H and O–H groups in total. The maximum atomic E-state index is 12.6. The van der Waals surface area contributed by atoms with Crippen molar-refractivity contribution in [3.8, 4) is 0 Å². The van der Waals surface area contributed by atoms with Gasteiger partial charge in [-0.3, -0.25) is 4.79 Å². The molecule has 126 valence electrons. The third-order valence-electron chi connectivity index (χ3n) is 4.10. The van der Waals surface area contributed by atoms with Crippen molar-refractivity contribution < 1.29 is 14.3 Å². The Hall–Kier alpha value is -2.76. The van der Waals surface area contributed by atoms with Crippen molar-refractivity contribution in [1.29, 1.82) is 0 Å². The molecule has 1 unspecified atom stereocenters. The average Bonchev–Trinajstić information content (AvgIpc) is 3.08. The summed E-state index contributed by atoms with van der Waals surface area (Å²) < 4.78 is 7.02. The zero-order valence-electron chi connectivity index (χ0n) is 13.6. The number of fused-ring (bicyclic) bond motifs is 1. The number of rotatable bonds is 4. The topological polar surface area (TPSA) is 63.6 Å². The number of aromatic nitrogens is 1. The van der Waals surface area contributed by atoms with Crippen molar-refractivity contribution in [3.63, 3.8) is 0 Å². The van der Waals surface area contributed by atoms with Crippen LogP contribution < -0.4 is 5.32 Å². The summed E-state index contributed by atoms with van der Waals surface area (Å²) in [5, 5.41) is 2.66. The van der Waals surface area contributed by atoms with Gasteiger partial charge in [0.1, 0.15) is 6.54 Å². The second-order valence-electron chi connectivity index (χ2n) is 5.60. The van der Waals surface area contributed by atoms with Crippen molar-refractivity contribution in [2.75, 3.05) is 19.7 Å². The summed E-state index contributed by atoms with van der Waals surface area (Å²) in [6.45, 7) is 3.24. The van der Waals surface area contributed by atoms with E-state index in [0.717, 1.165) is 17.8 Å². The number of carbonyl (C=O) groups is 2. The first kappa shape index (κ1) is 16.1. The van der Waals surface area contributed by atoms with Crippen LogP contribution >= 0.6 is 0 Å². The van der Waals surface area contributed by atoms with Crippen LogP contribution in [0.5, 0.6) is 0 Å². The largest absolute Gasteiger partial charge is 0.465 e. The summed E-state index contributed by atoms with van der Waals surface area (Å²) in [5.41, 5.74) is 2.11. The molecule has 0 bridgehead atoms. The third kappa shape index (κ3) is 3.27. The Kier molecular flexibility index (Phi) is 4.84. The van der Waals surface area contributed by atoms with E-state index in [4.69, 9.17) is 4.74 Å². The first-order chi connectivity index (χ1) is 11.7. The second-order valence-corrected chi connectivity index (χ2v) is 5.60. The monoisotopic (exact) mass is 327 g/mol. The quantitative estimate of drug-likeness (QED) is 0.875. The van der Waals surface area contributed by atoms with Crippen LogP contribution in [-0.4, -0.2) is 41.2 Å². The van der Waals surface area contributed by atoms with Gasteiger partial charge in [0.05, 0.1) is 12.6 Å².